The number of aromatic carboxylic acids is 1. The minimum absolute atomic E-state index is 0.147. The van der Waals surface area contributed by atoms with Crippen molar-refractivity contribution >= 4 is 39.2 Å². The molecule has 1 N–H and O–H groups in total. The molecule has 4 nitrogen and oxygen atoms in total. The number of halogens is 1. The van der Waals surface area contributed by atoms with Gasteiger partial charge in [-0.15, -0.1) is 11.3 Å². The van der Waals surface area contributed by atoms with E-state index in [0.29, 0.717) is 10.6 Å². The van der Waals surface area contributed by atoms with E-state index < -0.39 is 11.9 Å². The molecule has 92 valence electrons. The molecule has 0 amide bonds. The molecule has 0 unspecified atom stereocenters. The Kier molecular flexibility index (Phi) is 3.78. The topological polar surface area (TPSA) is 63.6 Å². The lowest BCUT2D eigenvalue weighted by atomic mass is 10.2. The van der Waals surface area contributed by atoms with Crippen molar-refractivity contribution in [1.29, 1.82) is 0 Å². The number of carboxylic acid groups (broad SMARTS) is 1. The van der Waals surface area contributed by atoms with Crippen LogP contribution in [0.25, 0.3) is 0 Å². The van der Waals surface area contributed by atoms with E-state index in [1.165, 1.54) is 35.6 Å². The second kappa shape index (κ2) is 5.32. The van der Waals surface area contributed by atoms with Gasteiger partial charge < -0.3 is 9.84 Å². The van der Waals surface area contributed by atoms with Crippen molar-refractivity contribution in [1.82, 2.24) is 0 Å². The maximum atomic E-state index is 11.7. The summed E-state index contributed by atoms with van der Waals surface area (Å²) >= 11 is 4.53. The van der Waals surface area contributed by atoms with Gasteiger partial charge in [0.15, 0.2) is 0 Å². The molecule has 1 heterocycles. The predicted octanol–water partition coefficient (Wildman–Crippen LogP) is 3.43. The number of hydrogen-bond donors (Lipinski definition) is 1. The molecular formula is C12H7BrO4S. The molecule has 0 aliphatic rings. The summed E-state index contributed by atoms with van der Waals surface area (Å²) in [6.45, 7) is 0. The summed E-state index contributed by atoms with van der Waals surface area (Å²) < 4.78 is 5.95. The minimum atomic E-state index is -1.02. The first-order chi connectivity index (χ1) is 8.56. The highest BCUT2D eigenvalue weighted by atomic mass is 79.9. The maximum Gasteiger partial charge on any atom is 0.353 e. The highest BCUT2D eigenvalue weighted by Gasteiger charge is 2.11. The second-order valence-electron chi connectivity index (χ2n) is 3.32. The van der Waals surface area contributed by atoms with Gasteiger partial charge in [0.2, 0.25) is 0 Å². The lowest BCUT2D eigenvalue weighted by Crippen LogP contribution is -2.06. The van der Waals surface area contributed by atoms with Crippen LogP contribution in [0.2, 0.25) is 0 Å². The fourth-order valence-corrected chi connectivity index (χ4v) is 2.51. The van der Waals surface area contributed by atoms with Crippen molar-refractivity contribution in [3.05, 3.63) is 50.6 Å². The Morgan fingerprint density at radius 1 is 1.11 bits per heavy atom. The maximum absolute atomic E-state index is 11.7. The van der Waals surface area contributed by atoms with Crippen LogP contribution in [-0.4, -0.2) is 17.0 Å². The lowest BCUT2D eigenvalue weighted by molar-refractivity contribution is 0.0696. The Morgan fingerprint density at radius 3 is 2.28 bits per heavy atom. The van der Waals surface area contributed by atoms with Gasteiger partial charge in [-0.25, -0.2) is 9.59 Å². The minimum Gasteiger partial charge on any atom is -0.478 e. The number of thiophene rings is 1. The van der Waals surface area contributed by atoms with Gasteiger partial charge in [0, 0.05) is 0 Å². The third-order valence-electron chi connectivity index (χ3n) is 2.09. The lowest BCUT2D eigenvalue weighted by Gasteiger charge is -2.02. The van der Waals surface area contributed by atoms with Gasteiger partial charge in [0.25, 0.3) is 0 Å². The van der Waals surface area contributed by atoms with Gasteiger partial charge in [0.05, 0.1) is 9.35 Å². The van der Waals surface area contributed by atoms with E-state index in [2.05, 4.69) is 15.9 Å². The molecule has 0 fully saturated rings. The molecule has 0 bridgehead atoms. The number of hydrogen-bond acceptors (Lipinski definition) is 4. The molecule has 1 aromatic carbocycles. The summed E-state index contributed by atoms with van der Waals surface area (Å²) in [4.78, 5) is 22.8. The first kappa shape index (κ1) is 12.8. The van der Waals surface area contributed by atoms with Gasteiger partial charge >= 0.3 is 11.9 Å². The van der Waals surface area contributed by atoms with Crippen LogP contribution in [0.5, 0.6) is 5.75 Å². The number of rotatable bonds is 3. The van der Waals surface area contributed by atoms with Crippen LogP contribution in [0.4, 0.5) is 0 Å². The highest BCUT2D eigenvalue weighted by Crippen LogP contribution is 2.23. The Hall–Kier alpha value is -1.66. The van der Waals surface area contributed by atoms with Crippen LogP contribution < -0.4 is 4.74 Å². The number of esters is 1. The number of ether oxygens (including phenoxy) is 1. The highest BCUT2D eigenvalue weighted by molar-refractivity contribution is 9.11. The van der Waals surface area contributed by atoms with E-state index in [4.69, 9.17) is 9.84 Å². The molecule has 0 radical (unpaired) electrons. The number of benzene rings is 1. The SMILES string of the molecule is O=C(O)c1ccc(OC(=O)c2ccc(Br)s2)cc1. The second-order valence-corrected chi connectivity index (χ2v) is 5.79. The number of carbonyl (C=O) groups excluding carboxylic acids is 1. The number of carbonyl (C=O) groups is 2. The van der Waals surface area contributed by atoms with Crippen LogP contribution in [-0.2, 0) is 0 Å². The third kappa shape index (κ3) is 2.96. The van der Waals surface area contributed by atoms with Crippen molar-refractivity contribution in [2.75, 3.05) is 0 Å². The van der Waals surface area contributed by atoms with Crippen LogP contribution in [0, 0.1) is 0 Å². The van der Waals surface area contributed by atoms with E-state index in [-0.39, 0.29) is 5.56 Å². The standard InChI is InChI=1S/C12H7BrO4S/c13-10-6-5-9(18-10)12(16)17-8-3-1-7(2-4-8)11(14)15/h1-6H,(H,14,15). The molecule has 0 aliphatic carbocycles. The van der Waals surface area contributed by atoms with Crippen molar-refractivity contribution in [2.24, 2.45) is 0 Å². The summed E-state index contributed by atoms with van der Waals surface area (Å²) in [6, 6.07) is 9.08. The van der Waals surface area contributed by atoms with E-state index in [0.717, 1.165) is 3.79 Å². The molecule has 1 aromatic heterocycles. The monoisotopic (exact) mass is 326 g/mol. The molecule has 2 aromatic rings. The first-order valence-electron chi connectivity index (χ1n) is 4.87. The van der Waals surface area contributed by atoms with Crippen molar-refractivity contribution < 1.29 is 19.4 Å². The average Bonchev–Trinajstić information content (AvgIpc) is 2.76. The molecule has 6 heteroatoms. The Balaban J connectivity index is 2.10. The normalized spacial score (nSPS) is 10.1. The fourth-order valence-electron chi connectivity index (χ4n) is 1.25. The zero-order valence-electron chi connectivity index (χ0n) is 8.92. The Labute approximate surface area is 115 Å². The van der Waals surface area contributed by atoms with Gasteiger partial charge in [-0.05, 0) is 52.3 Å². The van der Waals surface area contributed by atoms with Crippen LogP contribution in [0.15, 0.2) is 40.2 Å². The van der Waals surface area contributed by atoms with E-state index in [1.54, 1.807) is 12.1 Å². The molecule has 0 spiro atoms. The average molecular weight is 327 g/mol. The van der Waals surface area contributed by atoms with Crippen molar-refractivity contribution in [2.45, 2.75) is 0 Å². The molecule has 0 saturated carbocycles. The summed E-state index contributed by atoms with van der Waals surface area (Å²) in [7, 11) is 0. The quantitative estimate of drug-likeness (QED) is 0.693. The summed E-state index contributed by atoms with van der Waals surface area (Å²) in [6.07, 6.45) is 0. The Morgan fingerprint density at radius 2 is 1.78 bits per heavy atom. The van der Waals surface area contributed by atoms with Crippen molar-refractivity contribution in [3.63, 3.8) is 0 Å². The van der Waals surface area contributed by atoms with Gasteiger partial charge in [-0.3, -0.25) is 0 Å². The molecule has 0 saturated heterocycles. The van der Waals surface area contributed by atoms with Gasteiger partial charge in [-0.2, -0.15) is 0 Å². The van der Waals surface area contributed by atoms with Crippen LogP contribution in [0.3, 0.4) is 0 Å². The zero-order chi connectivity index (χ0) is 13.1. The fraction of sp³-hybridized carbons (Fsp3) is 0. The Bertz CT molecular complexity index is 588. The first-order valence-corrected chi connectivity index (χ1v) is 6.48. The van der Waals surface area contributed by atoms with Crippen molar-refractivity contribution in [3.8, 4) is 5.75 Å². The molecule has 0 aliphatic heterocycles. The predicted molar refractivity (Wildman–Crippen MR) is 70.4 cm³/mol. The molecule has 0 atom stereocenters. The smallest absolute Gasteiger partial charge is 0.353 e. The third-order valence-corrected chi connectivity index (χ3v) is 3.69. The van der Waals surface area contributed by atoms with Gasteiger partial charge in [-0.1, -0.05) is 0 Å². The molecule has 18 heavy (non-hydrogen) atoms. The summed E-state index contributed by atoms with van der Waals surface area (Å²) in [5, 5.41) is 8.73. The van der Waals surface area contributed by atoms with E-state index in [9.17, 15) is 9.59 Å². The van der Waals surface area contributed by atoms with E-state index in [1.807, 2.05) is 0 Å². The molecular weight excluding hydrogens is 320 g/mol. The summed E-state index contributed by atoms with van der Waals surface area (Å²) in [5.41, 5.74) is 0.147. The summed E-state index contributed by atoms with van der Waals surface area (Å²) in [5.74, 6) is -1.17. The number of carboxylic acids is 1. The van der Waals surface area contributed by atoms with Gasteiger partial charge in [0.1, 0.15) is 10.6 Å². The largest absolute Gasteiger partial charge is 0.478 e. The zero-order valence-corrected chi connectivity index (χ0v) is 11.3. The van der Waals surface area contributed by atoms with E-state index >= 15 is 0 Å². The molecule has 2 rings (SSSR count). The van der Waals surface area contributed by atoms with Crippen LogP contribution >= 0.6 is 27.3 Å². The van der Waals surface area contributed by atoms with Crippen LogP contribution in [0.1, 0.15) is 20.0 Å².